The molecule has 466 valence electrons. The fourth-order valence-corrected chi connectivity index (χ4v) is 9.66. The third-order valence-corrected chi connectivity index (χ3v) is 15.4. The summed E-state index contributed by atoms with van der Waals surface area (Å²) >= 11 is 0. The van der Waals surface area contributed by atoms with Crippen molar-refractivity contribution in [3.8, 4) is 0 Å². The number of methoxy groups -OCH3 is 2. The van der Waals surface area contributed by atoms with Crippen molar-refractivity contribution in [1.29, 1.82) is 0 Å². The Bertz CT molecular complexity index is 1200. The van der Waals surface area contributed by atoms with Gasteiger partial charge >= 0.3 is 23.9 Å². The maximum absolute atomic E-state index is 10.9. The Morgan fingerprint density at radius 3 is 0.667 bits per heavy atom. The van der Waals surface area contributed by atoms with E-state index in [0.717, 1.165) is 44.9 Å². The minimum absolute atomic E-state index is 0.0686. The molecule has 0 saturated heterocycles. The highest BCUT2D eigenvalue weighted by molar-refractivity contribution is 5.70. The summed E-state index contributed by atoms with van der Waals surface area (Å²) in [6.07, 6.45) is 73.7. The van der Waals surface area contributed by atoms with Crippen molar-refractivity contribution in [2.75, 3.05) is 14.2 Å². The van der Waals surface area contributed by atoms with Crippen LogP contribution < -0.4 is 0 Å². The Hall–Kier alpha value is -2.38. The molecule has 2 N–H and O–H groups in total. The molecule has 0 saturated carbocycles. The van der Waals surface area contributed by atoms with Gasteiger partial charge in [-0.05, 0) is 51.4 Å². The van der Waals surface area contributed by atoms with E-state index in [4.69, 9.17) is 10.2 Å². The van der Waals surface area contributed by atoms with Crippen LogP contribution >= 0.6 is 0 Å². The van der Waals surface area contributed by atoms with Gasteiger partial charge in [0.15, 0.2) is 0 Å². The van der Waals surface area contributed by atoms with Crippen LogP contribution in [0.4, 0.5) is 0 Å². The molecule has 78 heavy (non-hydrogen) atoms. The number of ether oxygens (including phenoxy) is 2. The third kappa shape index (κ3) is 80.1. The SMILES string of the molecule is CCCCCCCC/C=C\CCCCCCCC(=O)OC.CCCCCCCCCCCCCC(=O)OC.CCCCCCCCCCCCCCC(C)C(=O)O.CCCCCCCCCCCCCCCCC(C)C(=O)O. The number of carboxylic acids is 2. The van der Waals surface area contributed by atoms with E-state index < -0.39 is 11.9 Å². The number of carbonyl (C=O) groups is 4. The van der Waals surface area contributed by atoms with Crippen LogP contribution in [0.1, 0.15) is 388 Å². The molecule has 0 spiro atoms. The molecule has 0 radical (unpaired) electrons. The van der Waals surface area contributed by atoms with Crippen molar-refractivity contribution >= 4 is 23.9 Å². The monoisotopic (exact) mass is 1110 g/mol. The second-order valence-corrected chi connectivity index (χ2v) is 23.3. The molecule has 0 fully saturated rings. The van der Waals surface area contributed by atoms with Gasteiger partial charge in [0.05, 0.1) is 26.1 Å². The van der Waals surface area contributed by atoms with E-state index in [-0.39, 0.29) is 23.8 Å². The van der Waals surface area contributed by atoms with Gasteiger partial charge in [0.25, 0.3) is 0 Å². The number of carbonyl (C=O) groups excluding carboxylic acids is 2. The highest BCUT2D eigenvalue weighted by Crippen LogP contribution is 2.18. The van der Waals surface area contributed by atoms with Gasteiger partial charge in [-0.2, -0.15) is 0 Å². The Labute approximate surface area is 487 Å². The highest BCUT2D eigenvalue weighted by atomic mass is 16.5. The zero-order chi connectivity index (χ0) is 58.5. The molecule has 0 aliphatic rings. The average molecular weight is 1110 g/mol. The first-order valence-corrected chi connectivity index (χ1v) is 34.2. The van der Waals surface area contributed by atoms with Gasteiger partial charge in [-0.15, -0.1) is 0 Å². The van der Waals surface area contributed by atoms with Crippen LogP contribution in [0, 0.1) is 11.8 Å². The number of hydrogen-bond acceptors (Lipinski definition) is 6. The minimum atomic E-state index is -0.650. The second-order valence-electron chi connectivity index (χ2n) is 23.3. The van der Waals surface area contributed by atoms with E-state index in [1.165, 1.54) is 303 Å². The molecule has 2 atom stereocenters. The fourth-order valence-electron chi connectivity index (χ4n) is 9.66. The summed E-state index contributed by atoms with van der Waals surface area (Å²) < 4.78 is 9.22. The molecular weight excluding hydrogens is 969 g/mol. The van der Waals surface area contributed by atoms with E-state index in [1.54, 1.807) is 6.92 Å². The average Bonchev–Trinajstić information content (AvgIpc) is 3.43. The molecule has 0 aromatic rings. The number of allylic oxidation sites excluding steroid dienone is 2. The van der Waals surface area contributed by atoms with E-state index in [0.29, 0.717) is 12.8 Å². The number of rotatable bonds is 57. The van der Waals surface area contributed by atoms with Crippen molar-refractivity contribution < 1.29 is 38.9 Å². The molecular formula is C70H138O8. The summed E-state index contributed by atoms with van der Waals surface area (Å²) in [6, 6.07) is 0. The van der Waals surface area contributed by atoms with Gasteiger partial charge in [-0.3, -0.25) is 19.2 Å². The smallest absolute Gasteiger partial charge is 0.306 e. The van der Waals surface area contributed by atoms with Crippen LogP contribution in [0.2, 0.25) is 0 Å². The summed E-state index contributed by atoms with van der Waals surface area (Å²) in [7, 11) is 2.92. The van der Waals surface area contributed by atoms with E-state index in [1.807, 2.05) is 6.92 Å². The van der Waals surface area contributed by atoms with Gasteiger partial charge < -0.3 is 19.7 Å². The van der Waals surface area contributed by atoms with Crippen molar-refractivity contribution in [1.82, 2.24) is 0 Å². The summed E-state index contributed by atoms with van der Waals surface area (Å²) in [6.45, 7) is 12.7. The summed E-state index contributed by atoms with van der Waals surface area (Å²) in [4.78, 5) is 43.1. The summed E-state index contributed by atoms with van der Waals surface area (Å²) in [5.41, 5.74) is 0. The number of aliphatic carboxylic acids is 2. The van der Waals surface area contributed by atoms with Crippen LogP contribution in [-0.4, -0.2) is 48.3 Å². The topological polar surface area (TPSA) is 127 Å². The molecule has 0 heterocycles. The molecule has 2 unspecified atom stereocenters. The first kappa shape index (κ1) is 82.1. The number of carboxylic acid groups (broad SMARTS) is 2. The Balaban J connectivity index is -0.000000470. The summed E-state index contributed by atoms with van der Waals surface area (Å²) in [5.74, 6) is -1.77. The number of unbranched alkanes of at least 4 members (excludes halogenated alkanes) is 45. The molecule has 0 bridgehead atoms. The molecule has 8 heteroatoms. The Kier molecular flexibility index (Phi) is 78.5. The van der Waals surface area contributed by atoms with Crippen LogP contribution in [0.3, 0.4) is 0 Å². The fraction of sp³-hybridized carbons (Fsp3) is 0.914. The predicted octanol–water partition coefficient (Wildman–Crippen LogP) is 23.4. The lowest BCUT2D eigenvalue weighted by molar-refractivity contribution is -0.142. The first-order chi connectivity index (χ1) is 38.0. The minimum Gasteiger partial charge on any atom is -0.481 e. The lowest BCUT2D eigenvalue weighted by Crippen LogP contribution is -2.08. The predicted molar refractivity (Wildman–Crippen MR) is 339 cm³/mol. The van der Waals surface area contributed by atoms with E-state index >= 15 is 0 Å². The van der Waals surface area contributed by atoms with Crippen molar-refractivity contribution in [2.45, 2.75) is 388 Å². The zero-order valence-electron chi connectivity index (χ0n) is 53.8. The number of hydrogen-bond donors (Lipinski definition) is 2. The van der Waals surface area contributed by atoms with Crippen LogP contribution in [0.5, 0.6) is 0 Å². The summed E-state index contributed by atoms with van der Waals surface area (Å²) in [5, 5.41) is 17.5. The maximum atomic E-state index is 10.9. The van der Waals surface area contributed by atoms with Gasteiger partial charge in [-0.1, -0.05) is 336 Å². The second kappa shape index (κ2) is 74.6. The molecule has 0 amide bonds. The molecule has 0 aliphatic heterocycles. The molecule has 0 rings (SSSR count). The van der Waals surface area contributed by atoms with E-state index in [2.05, 4.69) is 49.3 Å². The quantitative estimate of drug-likeness (QED) is 0.0350. The van der Waals surface area contributed by atoms with Crippen molar-refractivity contribution in [2.24, 2.45) is 11.8 Å². The van der Waals surface area contributed by atoms with Crippen molar-refractivity contribution in [3.05, 3.63) is 12.2 Å². The zero-order valence-corrected chi connectivity index (χ0v) is 53.8. The molecule has 8 nitrogen and oxygen atoms in total. The molecule has 0 aromatic heterocycles. The van der Waals surface area contributed by atoms with Crippen LogP contribution in [0.15, 0.2) is 12.2 Å². The van der Waals surface area contributed by atoms with Gasteiger partial charge in [0.1, 0.15) is 0 Å². The lowest BCUT2D eigenvalue weighted by Gasteiger charge is -2.05. The normalized spacial score (nSPS) is 11.7. The Morgan fingerprint density at radius 2 is 0.474 bits per heavy atom. The van der Waals surface area contributed by atoms with Gasteiger partial charge in [0.2, 0.25) is 0 Å². The standard InChI is InChI=1S/C19H36O2.C19H38O2.C17H34O2.C15H30O2/c1-3-4-5-6-7-8-9-10-11-12-13-14-15-16-17-18-19(20)21-2;1-3-4-5-6-7-8-9-10-11-12-13-14-15-16-17-18(2)19(20)21;1-3-4-5-6-7-8-9-10-11-12-13-14-15-16(2)17(18)19;1-3-4-5-6-7-8-9-10-11-12-13-14-15(16)17-2/h10-11H,3-9,12-18H2,1-2H3;18H,3-17H2,1-2H3,(H,20,21);16H,3-15H2,1-2H3,(H,18,19);3-14H2,1-2H3/b11-10-;;;. The van der Waals surface area contributed by atoms with Crippen LogP contribution in [0.25, 0.3) is 0 Å². The largest absolute Gasteiger partial charge is 0.481 e. The van der Waals surface area contributed by atoms with Crippen molar-refractivity contribution in [3.63, 3.8) is 0 Å². The highest BCUT2D eigenvalue weighted by Gasteiger charge is 2.10. The maximum Gasteiger partial charge on any atom is 0.306 e. The Morgan fingerprint density at radius 1 is 0.295 bits per heavy atom. The van der Waals surface area contributed by atoms with Gasteiger partial charge in [0, 0.05) is 12.8 Å². The first-order valence-electron chi connectivity index (χ1n) is 34.2. The van der Waals surface area contributed by atoms with Crippen LogP contribution in [-0.2, 0) is 28.7 Å². The van der Waals surface area contributed by atoms with E-state index in [9.17, 15) is 19.2 Å². The molecule has 0 aliphatic carbocycles. The molecule has 0 aromatic carbocycles. The lowest BCUT2D eigenvalue weighted by atomic mass is 10.0. The third-order valence-electron chi connectivity index (χ3n) is 15.4. The number of esters is 2. The van der Waals surface area contributed by atoms with Gasteiger partial charge in [-0.25, -0.2) is 0 Å².